The van der Waals surface area contributed by atoms with E-state index in [9.17, 15) is 14.0 Å². The highest BCUT2D eigenvalue weighted by Crippen LogP contribution is 2.21. The smallest absolute Gasteiger partial charge is 0.255 e. The van der Waals surface area contributed by atoms with Crippen LogP contribution in [0.25, 0.3) is 0 Å². The Kier molecular flexibility index (Phi) is 8.64. The molecule has 0 aliphatic carbocycles. The van der Waals surface area contributed by atoms with Crippen LogP contribution >= 0.6 is 22.9 Å². The van der Waals surface area contributed by atoms with Crippen molar-refractivity contribution < 1.29 is 14.0 Å². The maximum atomic E-state index is 13.5. The van der Waals surface area contributed by atoms with Crippen molar-refractivity contribution in [3.8, 4) is 0 Å². The Balaban J connectivity index is 1.85. The standard InChI is InChI=1S/C26H28ClFN2O2S/c1-18(2)14-30(26(32)22-6-4-5-7-23(22)27)17-25(31)29(16-24-19(3)12-13-33-24)15-20-8-10-21(28)11-9-20/h4-13,18H,14-17H2,1-3H3. The van der Waals surface area contributed by atoms with Crippen LogP contribution in [0, 0.1) is 18.7 Å². The summed E-state index contributed by atoms with van der Waals surface area (Å²) in [6.45, 7) is 7.14. The van der Waals surface area contributed by atoms with Gasteiger partial charge in [-0.05, 0) is 59.7 Å². The van der Waals surface area contributed by atoms with Crippen LogP contribution in [-0.4, -0.2) is 34.7 Å². The molecule has 3 rings (SSSR count). The predicted octanol–water partition coefficient (Wildman–Crippen LogP) is 6.18. The number of carbonyl (C=O) groups excluding carboxylic acids is 2. The molecule has 1 heterocycles. The summed E-state index contributed by atoms with van der Waals surface area (Å²) in [5.41, 5.74) is 2.32. The number of hydrogen-bond donors (Lipinski definition) is 0. The highest BCUT2D eigenvalue weighted by molar-refractivity contribution is 7.10. The second-order valence-electron chi connectivity index (χ2n) is 8.46. The number of amides is 2. The minimum atomic E-state index is -0.320. The monoisotopic (exact) mass is 486 g/mol. The molecule has 3 aromatic rings. The Morgan fingerprint density at radius 2 is 1.70 bits per heavy atom. The first-order chi connectivity index (χ1) is 15.7. The SMILES string of the molecule is Cc1ccsc1CN(Cc1ccc(F)cc1)C(=O)CN(CC(C)C)C(=O)c1ccccc1Cl. The molecule has 0 N–H and O–H groups in total. The van der Waals surface area contributed by atoms with Crippen LogP contribution in [0.1, 0.15) is 40.2 Å². The molecule has 174 valence electrons. The topological polar surface area (TPSA) is 40.6 Å². The molecule has 0 atom stereocenters. The van der Waals surface area contributed by atoms with Crippen LogP contribution < -0.4 is 0 Å². The normalized spacial score (nSPS) is 11.0. The number of aryl methyl sites for hydroxylation is 1. The summed E-state index contributed by atoms with van der Waals surface area (Å²) in [4.78, 5) is 31.1. The van der Waals surface area contributed by atoms with Gasteiger partial charge in [0.1, 0.15) is 12.4 Å². The van der Waals surface area contributed by atoms with Gasteiger partial charge in [0.2, 0.25) is 5.91 Å². The lowest BCUT2D eigenvalue weighted by atomic mass is 10.1. The molecular formula is C26H28ClFN2O2S. The third-order valence-electron chi connectivity index (χ3n) is 5.25. The van der Waals surface area contributed by atoms with Gasteiger partial charge in [-0.15, -0.1) is 11.3 Å². The third-order valence-corrected chi connectivity index (χ3v) is 6.58. The number of carbonyl (C=O) groups is 2. The average Bonchev–Trinajstić information content (AvgIpc) is 3.18. The van der Waals surface area contributed by atoms with E-state index in [2.05, 4.69) is 0 Å². The average molecular weight is 487 g/mol. The molecule has 33 heavy (non-hydrogen) atoms. The van der Waals surface area contributed by atoms with Gasteiger partial charge in [0.25, 0.3) is 5.91 Å². The van der Waals surface area contributed by atoms with E-state index in [1.165, 1.54) is 12.1 Å². The van der Waals surface area contributed by atoms with Gasteiger partial charge in [0.15, 0.2) is 0 Å². The fourth-order valence-electron chi connectivity index (χ4n) is 3.51. The molecule has 4 nitrogen and oxygen atoms in total. The number of thiophene rings is 1. The molecule has 0 aliphatic heterocycles. The van der Waals surface area contributed by atoms with Crippen molar-refractivity contribution in [2.75, 3.05) is 13.1 Å². The molecule has 0 saturated heterocycles. The molecule has 0 spiro atoms. The Bertz CT molecular complexity index is 1100. The molecule has 7 heteroatoms. The molecule has 0 aliphatic rings. The second-order valence-corrected chi connectivity index (χ2v) is 9.87. The second kappa shape index (κ2) is 11.4. The maximum Gasteiger partial charge on any atom is 0.255 e. The lowest BCUT2D eigenvalue weighted by Crippen LogP contribution is -2.44. The van der Waals surface area contributed by atoms with Gasteiger partial charge < -0.3 is 9.80 Å². The Hall–Kier alpha value is -2.70. The minimum absolute atomic E-state index is 0.0617. The van der Waals surface area contributed by atoms with Gasteiger partial charge in [0.05, 0.1) is 17.1 Å². The van der Waals surface area contributed by atoms with E-state index in [1.54, 1.807) is 57.5 Å². The molecule has 0 bridgehead atoms. The van der Waals surface area contributed by atoms with Gasteiger partial charge in [-0.2, -0.15) is 0 Å². The Labute approximate surface area is 203 Å². The zero-order valence-corrected chi connectivity index (χ0v) is 20.6. The van der Waals surface area contributed by atoms with Crippen molar-refractivity contribution in [1.82, 2.24) is 9.80 Å². The van der Waals surface area contributed by atoms with E-state index in [1.807, 2.05) is 32.2 Å². The molecule has 0 fully saturated rings. The number of benzene rings is 2. The van der Waals surface area contributed by atoms with Crippen molar-refractivity contribution in [2.45, 2.75) is 33.9 Å². The van der Waals surface area contributed by atoms with Crippen LogP contribution in [0.2, 0.25) is 5.02 Å². The summed E-state index contributed by atoms with van der Waals surface area (Å²) in [6.07, 6.45) is 0. The van der Waals surface area contributed by atoms with Crippen molar-refractivity contribution in [3.05, 3.63) is 92.4 Å². The molecular weight excluding hydrogens is 459 g/mol. The van der Waals surface area contributed by atoms with Gasteiger partial charge >= 0.3 is 0 Å². The zero-order chi connectivity index (χ0) is 24.0. The van der Waals surface area contributed by atoms with E-state index in [4.69, 9.17) is 11.6 Å². The van der Waals surface area contributed by atoms with Crippen LogP contribution in [0.5, 0.6) is 0 Å². The van der Waals surface area contributed by atoms with Gasteiger partial charge in [-0.3, -0.25) is 9.59 Å². The fraction of sp³-hybridized carbons (Fsp3) is 0.308. The minimum Gasteiger partial charge on any atom is -0.332 e. The lowest BCUT2D eigenvalue weighted by Gasteiger charge is -2.29. The molecule has 0 unspecified atom stereocenters. The van der Waals surface area contributed by atoms with E-state index in [0.29, 0.717) is 30.2 Å². The van der Waals surface area contributed by atoms with Crippen molar-refractivity contribution in [3.63, 3.8) is 0 Å². The number of rotatable bonds is 9. The molecule has 2 amide bonds. The largest absolute Gasteiger partial charge is 0.332 e. The van der Waals surface area contributed by atoms with E-state index >= 15 is 0 Å². The van der Waals surface area contributed by atoms with Gasteiger partial charge in [0, 0.05) is 18.0 Å². The van der Waals surface area contributed by atoms with E-state index in [-0.39, 0.29) is 30.1 Å². The van der Waals surface area contributed by atoms with Crippen LogP contribution in [0.15, 0.2) is 60.0 Å². The van der Waals surface area contributed by atoms with Crippen LogP contribution in [0.3, 0.4) is 0 Å². The van der Waals surface area contributed by atoms with Crippen molar-refractivity contribution in [1.29, 1.82) is 0 Å². The fourth-order valence-corrected chi connectivity index (χ4v) is 4.65. The molecule has 1 aromatic heterocycles. The summed E-state index contributed by atoms with van der Waals surface area (Å²) in [5.74, 6) is -0.585. The highest BCUT2D eigenvalue weighted by atomic mass is 35.5. The van der Waals surface area contributed by atoms with Crippen molar-refractivity contribution in [2.24, 2.45) is 5.92 Å². The van der Waals surface area contributed by atoms with E-state index < -0.39 is 0 Å². The summed E-state index contributed by atoms with van der Waals surface area (Å²) >= 11 is 7.85. The molecule has 0 radical (unpaired) electrons. The van der Waals surface area contributed by atoms with Crippen molar-refractivity contribution >= 4 is 34.8 Å². The van der Waals surface area contributed by atoms with E-state index in [0.717, 1.165) is 16.0 Å². The molecule has 2 aromatic carbocycles. The predicted molar refractivity (Wildman–Crippen MR) is 132 cm³/mol. The molecule has 0 saturated carbocycles. The zero-order valence-electron chi connectivity index (χ0n) is 19.1. The van der Waals surface area contributed by atoms with Crippen LogP contribution in [-0.2, 0) is 17.9 Å². The number of halogens is 2. The summed E-state index contributed by atoms with van der Waals surface area (Å²) in [6, 6.07) is 15.0. The summed E-state index contributed by atoms with van der Waals surface area (Å²) in [5, 5.41) is 2.36. The quantitative estimate of drug-likeness (QED) is 0.362. The Morgan fingerprint density at radius 1 is 1.00 bits per heavy atom. The highest BCUT2D eigenvalue weighted by Gasteiger charge is 2.25. The number of hydrogen-bond acceptors (Lipinski definition) is 3. The number of nitrogens with zero attached hydrogens (tertiary/aromatic N) is 2. The van der Waals surface area contributed by atoms with Crippen LogP contribution in [0.4, 0.5) is 4.39 Å². The summed E-state index contributed by atoms with van der Waals surface area (Å²) in [7, 11) is 0. The maximum absolute atomic E-state index is 13.5. The lowest BCUT2D eigenvalue weighted by molar-refractivity contribution is -0.133. The first kappa shape index (κ1) is 24.9. The van der Waals surface area contributed by atoms with Gasteiger partial charge in [-0.1, -0.05) is 49.7 Å². The van der Waals surface area contributed by atoms with Gasteiger partial charge in [-0.25, -0.2) is 4.39 Å². The first-order valence-corrected chi connectivity index (χ1v) is 12.1. The Morgan fingerprint density at radius 3 is 2.30 bits per heavy atom. The first-order valence-electron chi connectivity index (χ1n) is 10.8. The summed E-state index contributed by atoms with van der Waals surface area (Å²) < 4.78 is 13.4. The third kappa shape index (κ3) is 6.89.